The maximum absolute atomic E-state index is 13.7. The van der Waals surface area contributed by atoms with Gasteiger partial charge in [0.2, 0.25) is 0 Å². The fraction of sp³-hybridized carbons (Fsp3) is 0.143. The topological polar surface area (TPSA) is 9.23 Å². The van der Waals surface area contributed by atoms with E-state index in [0.29, 0.717) is 17.7 Å². The van der Waals surface area contributed by atoms with Crippen LogP contribution in [0.5, 0.6) is 5.75 Å². The van der Waals surface area contributed by atoms with E-state index in [-0.39, 0.29) is 11.3 Å². The Hall–Kier alpha value is -1.63. The maximum atomic E-state index is 13.7. The molecule has 2 rings (SSSR count). The van der Waals surface area contributed by atoms with Crippen LogP contribution in [-0.2, 0) is 0 Å². The van der Waals surface area contributed by atoms with Crippen LogP contribution >= 0.6 is 15.9 Å². The van der Waals surface area contributed by atoms with Crippen LogP contribution in [0.3, 0.4) is 0 Å². The standard InChI is InChI=1S/C14H8BrF5O/c15-13(9-5-11(17)12(18)6-10(9)16)7-2-1-3-8(4-7)21-14(19)20/h1-6,13-14H. The van der Waals surface area contributed by atoms with Crippen molar-refractivity contribution in [3.8, 4) is 5.75 Å². The van der Waals surface area contributed by atoms with Gasteiger partial charge in [-0.1, -0.05) is 28.1 Å². The van der Waals surface area contributed by atoms with Crippen molar-refractivity contribution in [3.05, 3.63) is 65.0 Å². The van der Waals surface area contributed by atoms with Crippen LogP contribution < -0.4 is 4.74 Å². The lowest BCUT2D eigenvalue weighted by atomic mass is 10.0. The second-order valence-electron chi connectivity index (χ2n) is 4.10. The molecule has 21 heavy (non-hydrogen) atoms. The highest BCUT2D eigenvalue weighted by Gasteiger charge is 2.19. The highest BCUT2D eigenvalue weighted by atomic mass is 79.9. The van der Waals surface area contributed by atoms with E-state index >= 15 is 0 Å². The Morgan fingerprint density at radius 2 is 1.57 bits per heavy atom. The van der Waals surface area contributed by atoms with Gasteiger partial charge in [0.05, 0.1) is 4.83 Å². The second kappa shape index (κ2) is 6.43. The summed E-state index contributed by atoms with van der Waals surface area (Å²) >= 11 is 3.13. The van der Waals surface area contributed by atoms with Crippen LogP contribution in [-0.4, -0.2) is 6.61 Å². The van der Waals surface area contributed by atoms with Crippen molar-refractivity contribution in [1.82, 2.24) is 0 Å². The minimum atomic E-state index is -2.99. The zero-order chi connectivity index (χ0) is 15.6. The van der Waals surface area contributed by atoms with E-state index in [1.165, 1.54) is 24.3 Å². The van der Waals surface area contributed by atoms with E-state index < -0.39 is 28.9 Å². The van der Waals surface area contributed by atoms with Gasteiger partial charge in [0.1, 0.15) is 11.6 Å². The molecule has 0 radical (unpaired) electrons. The van der Waals surface area contributed by atoms with Crippen molar-refractivity contribution in [1.29, 1.82) is 0 Å². The van der Waals surface area contributed by atoms with Gasteiger partial charge in [-0.05, 0) is 23.8 Å². The van der Waals surface area contributed by atoms with E-state index in [9.17, 15) is 22.0 Å². The highest BCUT2D eigenvalue weighted by molar-refractivity contribution is 9.09. The van der Waals surface area contributed by atoms with Crippen LogP contribution in [0, 0.1) is 17.5 Å². The predicted molar refractivity (Wildman–Crippen MR) is 70.2 cm³/mol. The summed E-state index contributed by atoms with van der Waals surface area (Å²) in [5, 5.41) is 0. The Bertz CT molecular complexity index is 647. The first-order valence-electron chi connectivity index (χ1n) is 5.71. The van der Waals surface area contributed by atoms with Crippen molar-refractivity contribution in [2.24, 2.45) is 0 Å². The van der Waals surface area contributed by atoms with Crippen LogP contribution in [0.2, 0.25) is 0 Å². The van der Waals surface area contributed by atoms with Crippen molar-refractivity contribution >= 4 is 15.9 Å². The largest absolute Gasteiger partial charge is 0.435 e. The van der Waals surface area contributed by atoms with Gasteiger partial charge in [-0.3, -0.25) is 0 Å². The Morgan fingerprint density at radius 1 is 0.905 bits per heavy atom. The number of alkyl halides is 3. The number of hydrogen-bond donors (Lipinski definition) is 0. The third-order valence-electron chi connectivity index (χ3n) is 2.69. The molecule has 0 amide bonds. The van der Waals surface area contributed by atoms with Crippen molar-refractivity contribution < 1.29 is 26.7 Å². The first kappa shape index (κ1) is 15.8. The molecule has 1 atom stereocenters. The molecule has 1 nitrogen and oxygen atoms in total. The van der Waals surface area contributed by atoms with Crippen molar-refractivity contribution in [2.45, 2.75) is 11.4 Å². The van der Waals surface area contributed by atoms with E-state index in [1.54, 1.807) is 0 Å². The third-order valence-corrected chi connectivity index (χ3v) is 3.71. The summed E-state index contributed by atoms with van der Waals surface area (Å²) in [4.78, 5) is -0.839. The van der Waals surface area contributed by atoms with Crippen LogP contribution in [0.15, 0.2) is 36.4 Å². The van der Waals surface area contributed by atoms with Crippen LogP contribution in [0.1, 0.15) is 16.0 Å². The zero-order valence-electron chi connectivity index (χ0n) is 10.3. The quantitative estimate of drug-likeness (QED) is 0.411. The molecule has 7 heteroatoms. The highest BCUT2D eigenvalue weighted by Crippen LogP contribution is 2.35. The lowest BCUT2D eigenvalue weighted by Crippen LogP contribution is -2.03. The van der Waals surface area contributed by atoms with Gasteiger partial charge < -0.3 is 4.74 Å². The summed E-state index contributed by atoms with van der Waals surface area (Å²) in [5.74, 6) is -3.56. The summed E-state index contributed by atoms with van der Waals surface area (Å²) in [6.45, 7) is -2.99. The maximum Gasteiger partial charge on any atom is 0.387 e. The van der Waals surface area contributed by atoms with E-state index in [0.717, 1.165) is 0 Å². The molecule has 0 bridgehead atoms. The normalized spacial score (nSPS) is 12.5. The molecule has 0 saturated heterocycles. The predicted octanol–water partition coefficient (Wildman–Crippen LogP) is 5.19. The molecule has 1 unspecified atom stereocenters. The van der Waals surface area contributed by atoms with Crippen molar-refractivity contribution in [3.63, 3.8) is 0 Å². The van der Waals surface area contributed by atoms with E-state index in [1.807, 2.05) is 0 Å². The number of hydrogen-bond acceptors (Lipinski definition) is 1. The zero-order valence-corrected chi connectivity index (χ0v) is 11.9. The molecule has 112 valence electrons. The lowest BCUT2D eigenvalue weighted by Gasteiger charge is -2.14. The minimum absolute atomic E-state index is 0.116. The molecule has 0 heterocycles. The number of rotatable bonds is 4. The van der Waals surface area contributed by atoms with Gasteiger partial charge in [-0.2, -0.15) is 8.78 Å². The summed E-state index contributed by atoms with van der Waals surface area (Å²) < 4.78 is 68.3. The number of ether oxygens (including phenoxy) is 1. The molecule has 0 aromatic heterocycles. The van der Waals surface area contributed by atoms with Gasteiger partial charge in [0.15, 0.2) is 11.6 Å². The first-order valence-corrected chi connectivity index (χ1v) is 6.63. The average molecular weight is 367 g/mol. The minimum Gasteiger partial charge on any atom is -0.435 e. The van der Waals surface area contributed by atoms with Gasteiger partial charge in [-0.25, -0.2) is 13.2 Å². The lowest BCUT2D eigenvalue weighted by molar-refractivity contribution is -0.0498. The SMILES string of the molecule is Fc1cc(F)c(C(Br)c2cccc(OC(F)F)c2)cc1F. The second-order valence-corrected chi connectivity index (χ2v) is 5.02. The fourth-order valence-corrected chi connectivity index (χ4v) is 2.40. The summed E-state index contributed by atoms with van der Waals surface area (Å²) in [6, 6.07) is 6.64. The molecule has 0 aliphatic heterocycles. The number of halogens is 6. The Labute approximate surface area is 125 Å². The van der Waals surface area contributed by atoms with E-state index in [2.05, 4.69) is 20.7 Å². The monoisotopic (exact) mass is 366 g/mol. The summed E-state index contributed by atoms with van der Waals surface area (Å²) in [6.07, 6.45) is 0. The van der Waals surface area contributed by atoms with Crippen molar-refractivity contribution in [2.75, 3.05) is 0 Å². The molecule has 2 aromatic carbocycles. The molecule has 0 spiro atoms. The Balaban J connectivity index is 2.36. The Kier molecular flexibility index (Phi) is 4.82. The summed E-state index contributed by atoms with van der Waals surface area (Å²) in [7, 11) is 0. The molecule has 0 N–H and O–H groups in total. The number of benzene rings is 2. The molecule has 0 saturated carbocycles. The molecule has 2 aromatic rings. The molecule has 0 aliphatic rings. The first-order chi connectivity index (χ1) is 9.88. The molecular weight excluding hydrogens is 359 g/mol. The smallest absolute Gasteiger partial charge is 0.387 e. The van der Waals surface area contributed by atoms with Crippen LogP contribution in [0.4, 0.5) is 22.0 Å². The molecule has 0 aliphatic carbocycles. The third kappa shape index (κ3) is 3.72. The Morgan fingerprint density at radius 3 is 2.24 bits per heavy atom. The van der Waals surface area contributed by atoms with Crippen LogP contribution in [0.25, 0.3) is 0 Å². The van der Waals surface area contributed by atoms with Gasteiger partial charge in [-0.15, -0.1) is 0 Å². The summed E-state index contributed by atoms with van der Waals surface area (Å²) in [5.41, 5.74) is 0.209. The van der Waals surface area contributed by atoms with Gasteiger partial charge in [0.25, 0.3) is 0 Å². The fourth-order valence-electron chi connectivity index (χ4n) is 1.76. The average Bonchev–Trinajstić information content (AvgIpc) is 2.41. The molecule has 0 fully saturated rings. The molecular formula is C14H8BrF5O. The van der Waals surface area contributed by atoms with Gasteiger partial charge >= 0.3 is 6.61 Å². The van der Waals surface area contributed by atoms with Gasteiger partial charge in [0, 0.05) is 11.6 Å². The van der Waals surface area contributed by atoms with E-state index in [4.69, 9.17) is 0 Å².